The summed E-state index contributed by atoms with van der Waals surface area (Å²) in [5, 5.41) is 8.83. The molecule has 2 fully saturated rings. The lowest BCUT2D eigenvalue weighted by Crippen LogP contribution is -2.39. The summed E-state index contributed by atoms with van der Waals surface area (Å²) < 4.78 is 0. The van der Waals surface area contributed by atoms with E-state index in [0.29, 0.717) is 24.3 Å². The number of carbonyl (C=O) groups excluding carboxylic acids is 1. The van der Waals surface area contributed by atoms with E-state index in [0.717, 1.165) is 31.5 Å². The Bertz CT molecular complexity index is 614. The molecule has 5 heteroatoms. The Labute approximate surface area is 143 Å². The number of hydrogen-bond donors (Lipinski definition) is 1. The minimum absolute atomic E-state index is 0.0731. The van der Waals surface area contributed by atoms with Crippen LogP contribution in [0.1, 0.15) is 30.4 Å². The van der Waals surface area contributed by atoms with E-state index in [-0.39, 0.29) is 12.3 Å². The Balaban J connectivity index is 1.56. The highest BCUT2D eigenvalue weighted by Gasteiger charge is 2.41. The Kier molecular flexibility index (Phi) is 4.90. The Morgan fingerprint density at radius 1 is 1.21 bits per heavy atom. The van der Waals surface area contributed by atoms with Gasteiger partial charge in [-0.15, -0.1) is 0 Å². The molecule has 1 aromatic rings. The molecule has 0 spiro atoms. The molecule has 1 aliphatic carbocycles. The van der Waals surface area contributed by atoms with Gasteiger partial charge in [-0.3, -0.25) is 14.5 Å². The summed E-state index contributed by atoms with van der Waals surface area (Å²) >= 11 is 0. The molecule has 1 N–H and O–H groups in total. The number of fused-ring (bicyclic) bond motifs is 1. The number of nitrogens with zero attached hydrogens (tertiary/aromatic N) is 2. The zero-order valence-corrected chi connectivity index (χ0v) is 14.4. The third kappa shape index (κ3) is 3.78. The molecule has 1 amide bonds. The van der Waals surface area contributed by atoms with Crippen LogP contribution >= 0.6 is 0 Å². The maximum atomic E-state index is 11.9. The van der Waals surface area contributed by atoms with Gasteiger partial charge in [0.1, 0.15) is 0 Å². The van der Waals surface area contributed by atoms with Crippen LogP contribution in [0, 0.1) is 11.8 Å². The molecule has 1 aromatic carbocycles. The first kappa shape index (κ1) is 17.0. The van der Waals surface area contributed by atoms with Crippen molar-refractivity contribution in [2.45, 2.75) is 38.3 Å². The zero-order chi connectivity index (χ0) is 17.3. The second-order valence-electron chi connectivity index (χ2n) is 7.43. The molecule has 2 aliphatic rings. The van der Waals surface area contributed by atoms with Crippen LogP contribution in [-0.4, -0.2) is 53.5 Å². The van der Waals surface area contributed by atoms with Crippen molar-refractivity contribution in [2.75, 3.05) is 20.6 Å². The number of carboxylic acids is 1. The van der Waals surface area contributed by atoms with E-state index in [1.807, 2.05) is 36.2 Å². The van der Waals surface area contributed by atoms with Gasteiger partial charge < -0.3 is 10.0 Å². The van der Waals surface area contributed by atoms with E-state index < -0.39 is 5.97 Å². The molecular formula is C19H26N2O3. The van der Waals surface area contributed by atoms with Crippen molar-refractivity contribution >= 4 is 11.9 Å². The fourth-order valence-corrected chi connectivity index (χ4v) is 4.20. The van der Waals surface area contributed by atoms with Crippen LogP contribution < -0.4 is 0 Å². The Hall–Kier alpha value is -1.88. The smallest absolute Gasteiger partial charge is 0.307 e. The molecule has 1 heterocycles. The molecule has 1 aliphatic heterocycles. The molecule has 24 heavy (non-hydrogen) atoms. The van der Waals surface area contributed by atoms with E-state index >= 15 is 0 Å². The number of piperidine rings is 1. The number of carboxylic acid groups (broad SMARTS) is 1. The van der Waals surface area contributed by atoms with Crippen molar-refractivity contribution in [1.29, 1.82) is 0 Å². The minimum Gasteiger partial charge on any atom is -0.481 e. The van der Waals surface area contributed by atoms with Gasteiger partial charge in [-0.25, -0.2) is 0 Å². The SMILES string of the molecule is CN1C[C@@H]2C[C@H](N(C)Cc3ccc(CC(=O)O)cc3)C[C@@H]2CC1=O. The maximum absolute atomic E-state index is 11.9. The summed E-state index contributed by atoms with van der Waals surface area (Å²) in [6.45, 7) is 1.76. The summed E-state index contributed by atoms with van der Waals surface area (Å²) in [4.78, 5) is 26.9. The van der Waals surface area contributed by atoms with E-state index in [1.165, 1.54) is 5.56 Å². The number of carbonyl (C=O) groups is 2. The van der Waals surface area contributed by atoms with Crippen molar-refractivity contribution < 1.29 is 14.7 Å². The van der Waals surface area contributed by atoms with E-state index in [4.69, 9.17) is 5.11 Å². The predicted octanol–water partition coefficient (Wildman–Crippen LogP) is 2.00. The monoisotopic (exact) mass is 330 g/mol. The quantitative estimate of drug-likeness (QED) is 0.897. The first-order valence-corrected chi connectivity index (χ1v) is 8.66. The van der Waals surface area contributed by atoms with Crippen LogP contribution in [0.5, 0.6) is 0 Å². The van der Waals surface area contributed by atoms with Crippen molar-refractivity contribution in [2.24, 2.45) is 11.8 Å². The van der Waals surface area contributed by atoms with Gasteiger partial charge in [0.2, 0.25) is 5.91 Å². The van der Waals surface area contributed by atoms with Gasteiger partial charge in [0.25, 0.3) is 0 Å². The number of benzene rings is 1. The molecule has 130 valence electrons. The average molecular weight is 330 g/mol. The number of likely N-dealkylation sites (tertiary alicyclic amines) is 1. The highest BCUT2D eigenvalue weighted by atomic mass is 16.4. The second kappa shape index (κ2) is 6.93. The van der Waals surface area contributed by atoms with Crippen LogP contribution in [0.25, 0.3) is 0 Å². The zero-order valence-electron chi connectivity index (χ0n) is 14.4. The van der Waals surface area contributed by atoms with Gasteiger partial charge in [0.15, 0.2) is 0 Å². The van der Waals surface area contributed by atoms with E-state index in [2.05, 4.69) is 11.9 Å². The predicted molar refractivity (Wildman–Crippen MR) is 91.5 cm³/mol. The highest BCUT2D eigenvalue weighted by molar-refractivity contribution is 5.77. The largest absolute Gasteiger partial charge is 0.481 e. The van der Waals surface area contributed by atoms with Gasteiger partial charge in [0.05, 0.1) is 6.42 Å². The summed E-state index contributed by atoms with van der Waals surface area (Å²) in [6, 6.07) is 8.37. The number of hydrogen-bond acceptors (Lipinski definition) is 3. The van der Waals surface area contributed by atoms with Crippen LogP contribution in [0.4, 0.5) is 0 Å². The molecule has 1 saturated heterocycles. The van der Waals surface area contributed by atoms with Gasteiger partial charge in [-0.05, 0) is 42.9 Å². The molecule has 5 nitrogen and oxygen atoms in total. The van der Waals surface area contributed by atoms with Gasteiger partial charge in [0, 0.05) is 32.6 Å². The molecule has 3 atom stereocenters. The van der Waals surface area contributed by atoms with Crippen LogP contribution in [0.15, 0.2) is 24.3 Å². The molecule has 0 unspecified atom stereocenters. The topological polar surface area (TPSA) is 60.9 Å². The molecule has 0 radical (unpaired) electrons. The Morgan fingerprint density at radius 3 is 2.50 bits per heavy atom. The lowest BCUT2D eigenvalue weighted by Gasteiger charge is -2.31. The average Bonchev–Trinajstić information content (AvgIpc) is 2.92. The first-order chi connectivity index (χ1) is 11.4. The third-order valence-corrected chi connectivity index (χ3v) is 5.62. The van der Waals surface area contributed by atoms with Gasteiger partial charge in [-0.2, -0.15) is 0 Å². The van der Waals surface area contributed by atoms with Crippen molar-refractivity contribution in [1.82, 2.24) is 9.80 Å². The maximum Gasteiger partial charge on any atom is 0.307 e. The van der Waals surface area contributed by atoms with Gasteiger partial charge >= 0.3 is 5.97 Å². The number of rotatable bonds is 5. The second-order valence-corrected chi connectivity index (χ2v) is 7.43. The van der Waals surface area contributed by atoms with Crippen LogP contribution in [0.3, 0.4) is 0 Å². The summed E-state index contributed by atoms with van der Waals surface area (Å²) in [5.41, 5.74) is 2.04. The summed E-state index contributed by atoms with van der Waals surface area (Å²) in [5.74, 6) is 0.665. The fourth-order valence-electron chi connectivity index (χ4n) is 4.20. The van der Waals surface area contributed by atoms with Crippen molar-refractivity contribution in [3.63, 3.8) is 0 Å². The van der Waals surface area contributed by atoms with Crippen LogP contribution in [-0.2, 0) is 22.6 Å². The molecule has 3 rings (SSSR count). The lowest BCUT2D eigenvalue weighted by molar-refractivity contribution is -0.136. The van der Waals surface area contributed by atoms with E-state index in [9.17, 15) is 9.59 Å². The molecule has 0 bridgehead atoms. The molecular weight excluding hydrogens is 304 g/mol. The standard InChI is InChI=1S/C19H26N2O3/c1-20(11-14-5-3-13(4-6-14)7-19(23)24)17-8-15-10-18(22)21(2)12-16(15)9-17/h3-6,15-17H,7-12H2,1-2H3,(H,23,24)/t15-,16+,17-/m1/s1. The van der Waals surface area contributed by atoms with Crippen LogP contribution in [0.2, 0.25) is 0 Å². The summed E-state index contributed by atoms with van der Waals surface area (Å²) in [7, 11) is 4.06. The normalized spacial score (nSPS) is 26.7. The highest BCUT2D eigenvalue weighted by Crippen LogP contribution is 2.40. The summed E-state index contributed by atoms with van der Waals surface area (Å²) in [6.07, 6.45) is 3.05. The number of aliphatic carboxylic acids is 1. The molecule has 1 saturated carbocycles. The van der Waals surface area contributed by atoms with Crippen molar-refractivity contribution in [3.8, 4) is 0 Å². The Morgan fingerprint density at radius 2 is 1.83 bits per heavy atom. The minimum atomic E-state index is -0.798. The van der Waals surface area contributed by atoms with Gasteiger partial charge in [-0.1, -0.05) is 24.3 Å². The van der Waals surface area contributed by atoms with E-state index in [1.54, 1.807) is 0 Å². The van der Waals surface area contributed by atoms with Crippen molar-refractivity contribution in [3.05, 3.63) is 35.4 Å². The lowest BCUT2D eigenvalue weighted by atomic mass is 9.88. The third-order valence-electron chi connectivity index (χ3n) is 5.62. The molecule has 0 aromatic heterocycles. The number of amides is 1. The first-order valence-electron chi connectivity index (χ1n) is 8.66. The fraction of sp³-hybridized carbons (Fsp3) is 0.579.